The van der Waals surface area contributed by atoms with Gasteiger partial charge in [0, 0.05) is 0 Å². The summed E-state index contributed by atoms with van der Waals surface area (Å²) in [7, 11) is 1.48. The minimum atomic E-state index is -1.43. The van der Waals surface area contributed by atoms with Crippen molar-refractivity contribution in [2.75, 3.05) is 7.11 Å². The van der Waals surface area contributed by atoms with Crippen LogP contribution in [0.1, 0.15) is 5.56 Å². The Morgan fingerprint density at radius 3 is 2.73 bits per heavy atom. The Hall–Kier alpha value is -1.52. The number of phenolic OH excluding ortho intramolecular Hbond substituents is 1. The van der Waals surface area contributed by atoms with Crippen LogP contribution in [0.15, 0.2) is 30.4 Å². The van der Waals surface area contributed by atoms with Crippen molar-refractivity contribution in [2.45, 2.75) is 12.7 Å². The van der Waals surface area contributed by atoms with Gasteiger partial charge in [-0.1, -0.05) is 12.1 Å². The van der Waals surface area contributed by atoms with Crippen LogP contribution in [0.25, 0.3) is 0 Å². The van der Waals surface area contributed by atoms with Crippen LogP contribution in [0.4, 0.5) is 0 Å². The number of benzene rings is 1. The molecule has 1 rings (SSSR count). The van der Waals surface area contributed by atoms with Crippen molar-refractivity contribution in [3.8, 4) is 11.5 Å². The third-order valence-electron chi connectivity index (χ3n) is 1.91. The minimum absolute atomic E-state index is 0.0902. The number of allylic oxidation sites excluding steroid dienone is 1. The van der Waals surface area contributed by atoms with Crippen LogP contribution in [0, 0.1) is 0 Å². The molecule has 1 aromatic carbocycles. The molecule has 0 aliphatic carbocycles. The van der Waals surface area contributed by atoms with E-state index in [-0.39, 0.29) is 5.75 Å². The summed E-state index contributed by atoms with van der Waals surface area (Å²) in [6.45, 7) is 0. The van der Waals surface area contributed by atoms with E-state index >= 15 is 0 Å². The van der Waals surface area contributed by atoms with E-state index in [1.54, 1.807) is 18.2 Å². The lowest BCUT2D eigenvalue weighted by Crippen LogP contribution is -1.97. The second-order valence-electron chi connectivity index (χ2n) is 3.05. The SMILES string of the molecule is COc1cc(CC=CC(O)O)ccc1O. The summed E-state index contributed by atoms with van der Waals surface area (Å²) in [6, 6.07) is 4.98. The summed E-state index contributed by atoms with van der Waals surface area (Å²) in [5.74, 6) is 0.498. The molecule has 0 bridgehead atoms. The first-order valence-electron chi connectivity index (χ1n) is 4.52. The molecule has 15 heavy (non-hydrogen) atoms. The van der Waals surface area contributed by atoms with Crippen LogP contribution < -0.4 is 4.74 Å². The highest BCUT2D eigenvalue weighted by molar-refractivity contribution is 5.42. The van der Waals surface area contributed by atoms with Gasteiger partial charge in [-0.25, -0.2) is 0 Å². The average Bonchev–Trinajstić information content (AvgIpc) is 2.20. The van der Waals surface area contributed by atoms with Gasteiger partial charge in [-0.3, -0.25) is 0 Å². The van der Waals surface area contributed by atoms with E-state index < -0.39 is 6.29 Å². The average molecular weight is 210 g/mol. The van der Waals surface area contributed by atoms with Gasteiger partial charge in [-0.2, -0.15) is 0 Å². The van der Waals surface area contributed by atoms with Crippen LogP contribution in [-0.4, -0.2) is 28.7 Å². The number of ether oxygens (including phenoxy) is 1. The minimum Gasteiger partial charge on any atom is -0.504 e. The molecule has 0 unspecified atom stereocenters. The Morgan fingerprint density at radius 1 is 1.40 bits per heavy atom. The molecule has 0 aliphatic rings. The highest BCUT2D eigenvalue weighted by Crippen LogP contribution is 2.26. The Morgan fingerprint density at radius 2 is 2.13 bits per heavy atom. The van der Waals surface area contributed by atoms with Crippen molar-refractivity contribution < 1.29 is 20.1 Å². The number of aliphatic hydroxyl groups is 2. The highest BCUT2D eigenvalue weighted by atomic mass is 16.5. The number of rotatable bonds is 4. The molecular weight excluding hydrogens is 196 g/mol. The summed E-state index contributed by atoms with van der Waals surface area (Å²) in [6.07, 6.45) is 2.04. The predicted molar refractivity (Wildman–Crippen MR) is 55.7 cm³/mol. The van der Waals surface area contributed by atoms with Crippen molar-refractivity contribution in [3.63, 3.8) is 0 Å². The van der Waals surface area contributed by atoms with Crippen LogP contribution >= 0.6 is 0 Å². The van der Waals surface area contributed by atoms with Gasteiger partial charge in [-0.15, -0.1) is 0 Å². The molecule has 0 radical (unpaired) electrons. The number of aliphatic hydroxyl groups excluding tert-OH is 1. The second kappa shape index (κ2) is 5.38. The van der Waals surface area contributed by atoms with Gasteiger partial charge in [0.2, 0.25) is 0 Å². The highest BCUT2D eigenvalue weighted by Gasteiger charge is 2.01. The third-order valence-corrected chi connectivity index (χ3v) is 1.91. The first kappa shape index (κ1) is 11.6. The molecule has 82 valence electrons. The molecule has 0 atom stereocenters. The fourth-order valence-corrected chi connectivity index (χ4v) is 1.17. The summed E-state index contributed by atoms with van der Waals surface area (Å²) >= 11 is 0. The van der Waals surface area contributed by atoms with Gasteiger partial charge in [-0.05, 0) is 30.2 Å². The molecule has 0 amide bonds. The maximum absolute atomic E-state index is 9.33. The quantitative estimate of drug-likeness (QED) is 0.508. The molecule has 4 nitrogen and oxygen atoms in total. The Balaban J connectivity index is 2.70. The number of methoxy groups -OCH3 is 1. The molecule has 0 fully saturated rings. The lowest BCUT2D eigenvalue weighted by Gasteiger charge is -2.04. The summed E-state index contributed by atoms with van der Waals surface area (Å²) in [5, 5.41) is 26.5. The second-order valence-corrected chi connectivity index (χ2v) is 3.05. The van der Waals surface area contributed by atoms with Gasteiger partial charge in [0.15, 0.2) is 17.8 Å². The van der Waals surface area contributed by atoms with Crippen LogP contribution in [0.2, 0.25) is 0 Å². The van der Waals surface area contributed by atoms with E-state index in [2.05, 4.69) is 0 Å². The van der Waals surface area contributed by atoms with Crippen molar-refractivity contribution >= 4 is 0 Å². The van der Waals surface area contributed by atoms with E-state index in [4.69, 9.17) is 14.9 Å². The molecule has 0 saturated heterocycles. The van der Waals surface area contributed by atoms with Gasteiger partial charge in [0.05, 0.1) is 7.11 Å². The third kappa shape index (κ3) is 3.61. The molecule has 0 spiro atoms. The van der Waals surface area contributed by atoms with Crippen molar-refractivity contribution in [2.24, 2.45) is 0 Å². The Bertz CT molecular complexity index is 344. The zero-order chi connectivity index (χ0) is 11.3. The van der Waals surface area contributed by atoms with Crippen LogP contribution in [0.3, 0.4) is 0 Å². The first-order chi connectivity index (χ1) is 7.13. The maximum Gasteiger partial charge on any atom is 0.171 e. The summed E-state index contributed by atoms with van der Waals surface area (Å²) in [5.41, 5.74) is 0.918. The normalized spacial score (nSPS) is 11.2. The van der Waals surface area contributed by atoms with Gasteiger partial charge >= 0.3 is 0 Å². The summed E-state index contributed by atoms with van der Waals surface area (Å²) in [4.78, 5) is 0. The zero-order valence-corrected chi connectivity index (χ0v) is 8.42. The fourth-order valence-electron chi connectivity index (χ4n) is 1.17. The molecule has 0 aromatic heterocycles. The van der Waals surface area contributed by atoms with E-state index in [1.165, 1.54) is 19.3 Å². The van der Waals surface area contributed by atoms with E-state index in [0.717, 1.165) is 5.56 Å². The number of phenols is 1. The van der Waals surface area contributed by atoms with E-state index in [1.807, 2.05) is 0 Å². The van der Waals surface area contributed by atoms with Crippen LogP contribution in [-0.2, 0) is 6.42 Å². The van der Waals surface area contributed by atoms with Crippen molar-refractivity contribution in [1.82, 2.24) is 0 Å². The van der Waals surface area contributed by atoms with Gasteiger partial charge < -0.3 is 20.1 Å². The van der Waals surface area contributed by atoms with E-state index in [0.29, 0.717) is 12.2 Å². The molecule has 3 N–H and O–H groups in total. The lowest BCUT2D eigenvalue weighted by molar-refractivity contribution is 0.00221. The fraction of sp³-hybridized carbons (Fsp3) is 0.273. The Kier molecular flexibility index (Phi) is 4.15. The Labute approximate surface area is 88.1 Å². The topological polar surface area (TPSA) is 69.9 Å². The van der Waals surface area contributed by atoms with Crippen molar-refractivity contribution in [1.29, 1.82) is 0 Å². The first-order valence-corrected chi connectivity index (χ1v) is 4.52. The van der Waals surface area contributed by atoms with Crippen LogP contribution in [0.5, 0.6) is 11.5 Å². The predicted octanol–water partition coefficient (Wildman–Crippen LogP) is 0.810. The molecule has 1 aromatic rings. The smallest absolute Gasteiger partial charge is 0.171 e. The van der Waals surface area contributed by atoms with Gasteiger partial charge in [0.25, 0.3) is 0 Å². The molecule has 4 heteroatoms. The summed E-state index contributed by atoms with van der Waals surface area (Å²) < 4.78 is 4.94. The number of hydrogen-bond acceptors (Lipinski definition) is 4. The largest absolute Gasteiger partial charge is 0.504 e. The monoisotopic (exact) mass is 210 g/mol. The molecule has 0 aliphatic heterocycles. The maximum atomic E-state index is 9.33. The zero-order valence-electron chi connectivity index (χ0n) is 8.42. The van der Waals surface area contributed by atoms with Crippen molar-refractivity contribution in [3.05, 3.63) is 35.9 Å². The molecule has 0 saturated carbocycles. The van der Waals surface area contributed by atoms with Gasteiger partial charge in [0.1, 0.15) is 0 Å². The lowest BCUT2D eigenvalue weighted by atomic mass is 10.1. The molecular formula is C11H14O4. The van der Waals surface area contributed by atoms with E-state index in [9.17, 15) is 5.11 Å². The number of hydrogen-bond donors (Lipinski definition) is 3. The standard InChI is InChI=1S/C11H14O4/c1-15-10-7-8(5-6-9(10)12)3-2-4-11(13)14/h2,4-7,11-14H,3H2,1H3. The molecule has 0 heterocycles. The number of aromatic hydroxyl groups is 1.